The molecule has 1 aromatic carbocycles. The second kappa shape index (κ2) is 8.58. The van der Waals surface area contributed by atoms with Crippen LogP contribution in [0.4, 0.5) is 0 Å². The molecule has 1 amide bonds. The summed E-state index contributed by atoms with van der Waals surface area (Å²) in [6.07, 6.45) is 1.92. The third-order valence-corrected chi connectivity index (χ3v) is 4.74. The first-order valence-corrected chi connectivity index (χ1v) is 9.35. The number of aromatic nitrogens is 3. The zero-order chi connectivity index (χ0) is 20.3. The van der Waals surface area contributed by atoms with Gasteiger partial charge < -0.3 is 14.6 Å². The number of rotatable bonds is 6. The number of nitrogens with zero attached hydrogens (tertiary/aromatic N) is 3. The number of fused-ring (bicyclic) bond motifs is 1. The van der Waals surface area contributed by atoms with Crippen LogP contribution in [0.2, 0.25) is 10.3 Å². The summed E-state index contributed by atoms with van der Waals surface area (Å²) in [5, 5.41) is 3.82. The van der Waals surface area contributed by atoms with Crippen molar-refractivity contribution in [2.45, 2.75) is 19.9 Å². The first-order valence-electron chi connectivity index (χ1n) is 8.59. The molecule has 28 heavy (non-hydrogen) atoms. The van der Waals surface area contributed by atoms with E-state index >= 15 is 0 Å². The van der Waals surface area contributed by atoms with Crippen molar-refractivity contribution in [2.24, 2.45) is 0 Å². The van der Waals surface area contributed by atoms with Gasteiger partial charge in [-0.05, 0) is 42.3 Å². The first-order chi connectivity index (χ1) is 13.4. The van der Waals surface area contributed by atoms with E-state index in [-0.39, 0.29) is 29.1 Å². The van der Waals surface area contributed by atoms with Crippen LogP contribution in [0, 0.1) is 0 Å². The van der Waals surface area contributed by atoms with E-state index in [1.807, 2.05) is 25.1 Å². The molecule has 0 saturated heterocycles. The molecule has 146 valence electrons. The van der Waals surface area contributed by atoms with Crippen molar-refractivity contribution in [3.05, 3.63) is 62.4 Å². The molecule has 0 unspecified atom stereocenters. The van der Waals surface area contributed by atoms with Crippen LogP contribution in [0.15, 0.2) is 35.3 Å². The largest absolute Gasteiger partial charge is 0.478 e. The van der Waals surface area contributed by atoms with Crippen LogP contribution in [0.25, 0.3) is 10.9 Å². The van der Waals surface area contributed by atoms with Gasteiger partial charge in [0.05, 0.1) is 22.4 Å². The third-order valence-electron chi connectivity index (χ3n) is 4.24. The summed E-state index contributed by atoms with van der Waals surface area (Å²) in [6.45, 7) is 2.12. The molecule has 0 spiro atoms. The maximum atomic E-state index is 12.6. The van der Waals surface area contributed by atoms with Crippen LogP contribution in [0.5, 0.6) is 5.75 Å². The number of carbonyl (C=O) groups is 1. The monoisotopic (exact) mass is 420 g/mol. The number of aryl methyl sites for hydroxylation is 1. The summed E-state index contributed by atoms with van der Waals surface area (Å²) in [5.74, 6) is -0.190. The van der Waals surface area contributed by atoms with Gasteiger partial charge in [0.15, 0.2) is 12.4 Å². The lowest BCUT2D eigenvalue weighted by Crippen LogP contribution is -2.28. The molecule has 3 aromatic rings. The van der Waals surface area contributed by atoms with Gasteiger partial charge in [0.25, 0.3) is 11.5 Å². The number of pyridine rings is 1. The maximum Gasteiger partial charge on any atom is 0.293 e. The van der Waals surface area contributed by atoms with Crippen molar-refractivity contribution in [1.29, 1.82) is 0 Å². The van der Waals surface area contributed by atoms with Crippen molar-refractivity contribution in [3.63, 3.8) is 0 Å². The lowest BCUT2D eigenvalue weighted by Gasteiger charge is -2.13. The molecule has 0 aliphatic rings. The molecule has 7 nitrogen and oxygen atoms in total. The van der Waals surface area contributed by atoms with Gasteiger partial charge in [0.1, 0.15) is 0 Å². The van der Waals surface area contributed by atoms with Crippen LogP contribution in [0.1, 0.15) is 18.2 Å². The minimum absolute atomic E-state index is 0.123. The zero-order valence-corrected chi connectivity index (χ0v) is 16.8. The van der Waals surface area contributed by atoms with E-state index in [0.29, 0.717) is 23.7 Å². The van der Waals surface area contributed by atoms with E-state index < -0.39 is 0 Å². The average Bonchev–Trinajstić information content (AvgIpc) is 2.69. The predicted octanol–water partition coefficient (Wildman–Crippen LogP) is 2.83. The van der Waals surface area contributed by atoms with Crippen molar-refractivity contribution in [1.82, 2.24) is 19.9 Å². The van der Waals surface area contributed by atoms with Crippen LogP contribution < -0.4 is 15.6 Å². The summed E-state index contributed by atoms with van der Waals surface area (Å²) in [4.78, 5) is 32.1. The number of benzene rings is 1. The van der Waals surface area contributed by atoms with Crippen molar-refractivity contribution >= 4 is 40.0 Å². The van der Waals surface area contributed by atoms with E-state index in [9.17, 15) is 9.59 Å². The van der Waals surface area contributed by atoms with Crippen molar-refractivity contribution in [2.75, 3.05) is 13.7 Å². The Morgan fingerprint density at radius 2 is 2.07 bits per heavy atom. The Morgan fingerprint density at radius 1 is 1.29 bits per heavy atom. The number of amides is 1. The van der Waals surface area contributed by atoms with Gasteiger partial charge in [-0.1, -0.05) is 17.7 Å². The number of nitrogens with one attached hydrogen (secondary N) is 1. The Bertz CT molecular complexity index is 1100. The minimum atomic E-state index is -0.313. The fourth-order valence-corrected chi connectivity index (χ4v) is 3.16. The zero-order valence-electron chi connectivity index (χ0n) is 15.3. The van der Waals surface area contributed by atoms with Gasteiger partial charge in [0.2, 0.25) is 5.28 Å². The minimum Gasteiger partial charge on any atom is -0.478 e. The molecule has 9 heteroatoms. The van der Waals surface area contributed by atoms with Gasteiger partial charge in [-0.2, -0.15) is 0 Å². The number of ether oxygens (including phenoxy) is 1. The summed E-state index contributed by atoms with van der Waals surface area (Å²) < 4.78 is 7.03. The molecule has 0 saturated carbocycles. The van der Waals surface area contributed by atoms with Gasteiger partial charge in [-0.25, -0.2) is 9.97 Å². The molecule has 0 radical (unpaired) electrons. The standard InChI is InChI=1S/C19H18Cl2N4O3/c1-3-25-15-5-4-11(7-14-13(20)9-23-19(21)24-14)6-12(15)8-16(18(25)27)28-10-17(26)22-2/h4-6,8-9H,3,7,10H2,1-2H3,(H,22,26). The van der Waals surface area contributed by atoms with E-state index in [1.54, 1.807) is 10.6 Å². The van der Waals surface area contributed by atoms with Gasteiger partial charge in [0, 0.05) is 25.4 Å². The molecule has 2 aromatic heterocycles. The Balaban J connectivity index is 2.02. The molecule has 0 aliphatic heterocycles. The average molecular weight is 421 g/mol. The highest BCUT2D eigenvalue weighted by atomic mass is 35.5. The molecule has 0 fully saturated rings. The van der Waals surface area contributed by atoms with Crippen LogP contribution in [0.3, 0.4) is 0 Å². The Morgan fingerprint density at radius 3 is 2.79 bits per heavy atom. The summed E-state index contributed by atoms with van der Waals surface area (Å²) in [7, 11) is 1.51. The van der Waals surface area contributed by atoms with Crippen LogP contribution in [-0.2, 0) is 17.8 Å². The third kappa shape index (κ3) is 4.26. The highest BCUT2D eigenvalue weighted by Gasteiger charge is 2.12. The van der Waals surface area contributed by atoms with Gasteiger partial charge in [-0.15, -0.1) is 0 Å². The lowest BCUT2D eigenvalue weighted by molar-refractivity contribution is -0.122. The number of hydrogen-bond acceptors (Lipinski definition) is 5. The maximum absolute atomic E-state index is 12.6. The molecular weight excluding hydrogens is 403 g/mol. The highest BCUT2D eigenvalue weighted by Crippen LogP contribution is 2.23. The van der Waals surface area contributed by atoms with Gasteiger partial charge >= 0.3 is 0 Å². The first kappa shape index (κ1) is 20.1. The molecule has 0 atom stereocenters. The normalized spacial score (nSPS) is 10.9. The fraction of sp³-hybridized carbons (Fsp3) is 0.263. The molecular formula is C19H18Cl2N4O3. The quantitative estimate of drug-likeness (QED) is 0.619. The molecule has 1 N–H and O–H groups in total. The predicted molar refractivity (Wildman–Crippen MR) is 108 cm³/mol. The Kier molecular flexibility index (Phi) is 6.16. The van der Waals surface area contributed by atoms with E-state index in [0.717, 1.165) is 16.5 Å². The Labute approximate surface area is 171 Å². The summed E-state index contributed by atoms with van der Waals surface area (Å²) in [5.41, 5.74) is 2.04. The SMILES string of the molecule is CCn1c(=O)c(OCC(=O)NC)cc2cc(Cc3nc(Cl)ncc3Cl)ccc21. The summed E-state index contributed by atoms with van der Waals surface area (Å²) in [6, 6.07) is 7.35. The molecule has 2 heterocycles. The van der Waals surface area contributed by atoms with E-state index in [1.165, 1.54) is 13.2 Å². The Hall–Kier alpha value is -2.64. The second-order valence-corrected chi connectivity index (χ2v) is 6.77. The van der Waals surface area contributed by atoms with Crippen molar-refractivity contribution in [3.8, 4) is 5.75 Å². The van der Waals surface area contributed by atoms with Gasteiger partial charge in [-0.3, -0.25) is 9.59 Å². The topological polar surface area (TPSA) is 86.1 Å². The number of hydrogen-bond donors (Lipinski definition) is 1. The number of halogens is 2. The van der Waals surface area contributed by atoms with Crippen molar-refractivity contribution < 1.29 is 9.53 Å². The summed E-state index contributed by atoms with van der Waals surface area (Å²) >= 11 is 12.0. The van der Waals surface area contributed by atoms with E-state index in [2.05, 4.69) is 15.3 Å². The lowest BCUT2D eigenvalue weighted by atomic mass is 10.1. The van der Waals surface area contributed by atoms with E-state index in [4.69, 9.17) is 27.9 Å². The molecule has 3 rings (SSSR count). The molecule has 0 aliphatic carbocycles. The molecule has 0 bridgehead atoms. The van der Waals surface area contributed by atoms with Crippen LogP contribution >= 0.6 is 23.2 Å². The highest BCUT2D eigenvalue weighted by molar-refractivity contribution is 6.32. The fourth-order valence-electron chi connectivity index (χ4n) is 2.85. The number of carbonyl (C=O) groups excluding carboxylic acids is 1. The second-order valence-electron chi connectivity index (χ2n) is 6.02. The number of likely N-dealkylation sites (N-methyl/N-ethyl adjacent to an activating group) is 1. The smallest absolute Gasteiger partial charge is 0.293 e. The van der Waals surface area contributed by atoms with Crippen LogP contribution in [-0.4, -0.2) is 34.1 Å².